The van der Waals surface area contributed by atoms with E-state index in [2.05, 4.69) is 15.3 Å². The molecule has 0 aliphatic carbocycles. The van der Waals surface area contributed by atoms with E-state index in [1.54, 1.807) is 39.3 Å². The van der Waals surface area contributed by atoms with Crippen LogP contribution in [0.5, 0.6) is 0 Å². The van der Waals surface area contributed by atoms with Gasteiger partial charge in [-0.1, -0.05) is 17.7 Å². The molecule has 0 saturated carbocycles. The fraction of sp³-hybridized carbons (Fsp3) is 0.333. The third-order valence-electron chi connectivity index (χ3n) is 4.38. The Labute approximate surface area is 166 Å². The molecule has 0 radical (unpaired) electrons. The molecule has 6 nitrogen and oxygen atoms in total. The third kappa shape index (κ3) is 4.42. The van der Waals surface area contributed by atoms with Gasteiger partial charge < -0.3 is 9.73 Å². The van der Waals surface area contributed by atoms with E-state index in [9.17, 15) is 8.42 Å². The standard InChI is InChI=1S/C21H25N3O3S/c1-15-5-7-16(8-6-15)20-24-18(14-27-20)11-12-22-17-9-10-19(23-13-17)28(25,26)21(2,3)4/h5-10,13-14,22H,11-12H2,1-4H3. The van der Waals surface area contributed by atoms with Crippen molar-refractivity contribution in [1.29, 1.82) is 0 Å². The van der Waals surface area contributed by atoms with Crippen LogP contribution < -0.4 is 5.32 Å². The van der Waals surface area contributed by atoms with E-state index in [-0.39, 0.29) is 5.03 Å². The second kappa shape index (κ2) is 7.75. The molecule has 28 heavy (non-hydrogen) atoms. The summed E-state index contributed by atoms with van der Waals surface area (Å²) in [6, 6.07) is 11.3. The number of hydrogen-bond acceptors (Lipinski definition) is 6. The molecule has 148 valence electrons. The Kier molecular flexibility index (Phi) is 5.56. The largest absolute Gasteiger partial charge is 0.444 e. The molecule has 0 bridgehead atoms. The number of hydrogen-bond donors (Lipinski definition) is 1. The van der Waals surface area contributed by atoms with Crippen LogP contribution in [0, 0.1) is 6.92 Å². The normalized spacial score (nSPS) is 12.1. The van der Waals surface area contributed by atoms with Crippen LogP contribution in [0.25, 0.3) is 11.5 Å². The lowest BCUT2D eigenvalue weighted by Crippen LogP contribution is -2.28. The fourth-order valence-corrected chi connectivity index (χ4v) is 3.61. The Morgan fingerprint density at radius 3 is 2.39 bits per heavy atom. The van der Waals surface area contributed by atoms with Crippen LogP contribution in [0.15, 0.2) is 58.3 Å². The van der Waals surface area contributed by atoms with Crippen LogP contribution in [-0.4, -0.2) is 29.7 Å². The summed E-state index contributed by atoms with van der Waals surface area (Å²) in [4.78, 5) is 8.62. The third-order valence-corrected chi connectivity index (χ3v) is 6.78. The van der Waals surface area contributed by atoms with Gasteiger partial charge in [0.25, 0.3) is 0 Å². The van der Waals surface area contributed by atoms with Gasteiger partial charge in [-0.15, -0.1) is 0 Å². The van der Waals surface area contributed by atoms with Crippen molar-refractivity contribution >= 4 is 15.5 Å². The number of benzene rings is 1. The molecule has 1 N–H and O–H groups in total. The van der Waals surface area contributed by atoms with E-state index in [1.807, 2.05) is 31.2 Å². The zero-order valence-corrected chi connectivity index (χ0v) is 17.4. The van der Waals surface area contributed by atoms with Crippen LogP contribution in [0.2, 0.25) is 0 Å². The number of oxazole rings is 1. The Morgan fingerprint density at radius 1 is 1.07 bits per heavy atom. The molecule has 0 fully saturated rings. The predicted octanol–water partition coefficient (Wildman–Crippen LogP) is 4.27. The van der Waals surface area contributed by atoms with Crippen molar-refractivity contribution in [3.63, 3.8) is 0 Å². The van der Waals surface area contributed by atoms with Crippen LogP contribution in [0.3, 0.4) is 0 Å². The summed E-state index contributed by atoms with van der Waals surface area (Å²) in [5.74, 6) is 0.605. The Morgan fingerprint density at radius 2 is 1.79 bits per heavy atom. The quantitative estimate of drug-likeness (QED) is 0.666. The molecule has 7 heteroatoms. The van der Waals surface area contributed by atoms with Crippen LogP contribution in [-0.2, 0) is 16.3 Å². The summed E-state index contributed by atoms with van der Waals surface area (Å²) >= 11 is 0. The number of sulfone groups is 1. The van der Waals surface area contributed by atoms with Gasteiger partial charge in [0.15, 0.2) is 14.9 Å². The predicted molar refractivity (Wildman–Crippen MR) is 110 cm³/mol. The number of nitrogens with one attached hydrogen (secondary N) is 1. The Balaban J connectivity index is 1.58. The highest BCUT2D eigenvalue weighted by Gasteiger charge is 2.31. The van der Waals surface area contributed by atoms with Gasteiger partial charge >= 0.3 is 0 Å². The monoisotopic (exact) mass is 399 g/mol. The van der Waals surface area contributed by atoms with Crippen LogP contribution in [0.4, 0.5) is 5.69 Å². The molecular weight excluding hydrogens is 374 g/mol. The van der Waals surface area contributed by atoms with Gasteiger partial charge in [-0.2, -0.15) is 0 Å². The van der Waals surface area contributed by atoms with Crippen LogP contribution in [0.1, 0.15) is 32.0 Å². The van der Waals surface area contributed by atoms with E-state index in [0.717, 1.165) is 16.9 Å². The SMILES string of the molecule is Cc1ccc(-c2nc(CCNc3ccc(S(=O)(=O)C(C)(C)C)nc3)co2)cc1. The first kappa shape index (κ1) is 20.1. The number of anilines is 1. The van der Waals surface area contributed by atoms with E-state index in [1.165, 1.54) is 11.6 Å². The lowest BCUT2D eigenvalue weighted by Gasteiger charge is -2.18. The highest BCUT2D eigenvalue weighted by Crippen LogP contribution is 2.24. The molecule has 0 saturated heterocycles. The highest BCUT2D eigenvalue weighted by molar-refractivity contribution is 7.92. The van der Waals surface area contributed by atoms with Gasteiger partial charge in [0.2, 0.25) is 5.89 Å². The zero-order chi connectivity index (χ0) is 20.4. The molecule has 2 aromatic heterocycles. The minimum absolute atomic E-state index is 0.0878. The number of rotatable bonds is 6. The topological polar surface area (TPSA) is 85.1 Å². The summed E-state index contributed by atoms with van der Waals surface area (Å²) in [5, 5.41) is 3.32. The van der Waals surface area contributed by atoms with Crippen molar-refractivity contribution in [3.05, 3.63) is 60.1 Å². The molecule has 3 aromatic rings. The van der Waals surface area contributed by atoms with Crippen molar-refractivity contribution in [1.82, 2.24) is 9.97 Å². The van der Waals surface area contributed by atoms with Gasteiger partial charge in [-0.3, -0.25) is 0 Å². The first-order valence-corrected chi connectivity index (χ1v) is 10.6. The van der Waals surface area contributed by atoms with Gasteiger partial charge in [0, 0.05) is 18.5 Å². The van der Waals surface area contributed by atoms with E-state index in [0.29, 0.717) is 18.9 Å². The summed E-state index contributed by atoms with van der Waals surface area (Å²) in [6.45, 7) is 7.67. The van der Waals surface area contributed by atoms with Crippen molar-refractivity contribution in [2.24, 2.45) is 0 Å². The number of nitrogens with zero attached hydrogens (tertiary/aromatic N) is 2. The highest BCUT2D eigenvalue weighted by atomic mass is 32.2. The Bertz CT molecular complexity index is 1030. The average molecular weight is 400 g/mol. The molecule has 0 unspecified atom stereocenters. The number of aromatic nitrogens is 2. The number of pyridine rings is 1. The van der Waals surface area contributed by atoms with Gasteiger partial charge in [-0.25, -0.2) is 18.4 Å². The maximum absolute atomic E-state index is 12.4. The van der Waals surface area contributed by atoms with Crippen molar-refractivity contribution in [2.75, 3.05) is 11.9 Å². The molecule has 1 aromatic carbocycles. The minimum atomic E-state index is -3.44. The summed E-state index contributed by atoms with van der Waals surface area (Å²) in [5.41, 5.74) is 3.75. The van der Waals surface area contributed by atoms with Crippen molar-refractivity contribution in [3.8, 4) is 11.5 Å². The maximum Gasteiger partial charge on any atom is 0.226 e. The van der Waals surface area contributed by atoms with E-state index < -0.39 is 14.6 Å². The average Bonchev–Trinajstić information content (AvgIpc) is 3.11. The minimum Gasteiger partial charge on any atom is -0.444 e. The molecule has 0 spiro atoms. The lowest BCUT2D eigenvalue weighted by molar-refractivity contribution is 0.556. The van der Waals surface area contributed by atoms with Gasteiger partial charge in [0.05, 0.1) is 22.3 Å². The summed E-state index contributed by atoms with van der Waals surface area (Å²) < 4.78 is 29.5. The van der Waals surface area contributed by atoms with E-state index in [4.69, 9.17) is 4.42 Å². The maximum atomic E-state index is 12.4. The smallest absolute Gasteiger partial charge is 0.226 e. The second-order valence-corrected chi connectivity index (χ2v) is 10.3. The van der Waals surface area contributed by atoms with Crippen molar-refractivity contribution in [2.45, 2.75) is 43.9 Å². The Hall–Kier alpha value is -2.67. The second-order valence-electron chi connectivity index (χ2n) is 7.69. The molecule has 0 aliphatic heterocycles. The van der Waals surface area contributed by atoms with Crippen LogP contribution >= 0.6 is 0 Å². The van der Waals surface area contributed by atoms with E-state index >= 15 is 0 Å². The van der Waals surface area contributed by atoms with Gasteiger partial charge in [0.1, 0.15) is 6.26 Å². The molecule has 0 aliphatic rings. The zero-order valence-electron chi connectivity index (χ0n) is 16.6. The van der Waals surface area contributed by atoms with Gasteiger partial charge in [-0.05, 0) is 52.0 Å². The molecule has 0 amide bonds. The lowest BCUT2D eigenvalue weighted by atomic mass is 10.1. The van der Waals surface area contributed by atoms with Crippen molar-refractivity contribution < 1.29 is 12.8 Å². The molecule has 2 heterocycles. The first-order chi connectivity index (χ1) is 13.2. The number of aryl methyl sites for hydroxylation is 1. The summed E-state index contributed by atoms with van der Waals surface area (Å²) in [6.07, 6.45) is 3.88. The molecule has 0 atom stereocenters. The fourth-order valence-electron chi connectivity index (χ4n) is 2.54. The molecular formula is C21H25N3O3S. The molecule has 3 rings (SSSR count). The summed E-state index contributed by atoms with van der Waals surface area (Å²) in [7, 11) is -3.44. The first-order valence-electron chi connectivity index (χ1n) is 9.13.